The Hall–Kier alpha value is -4.26. The predicted octanol–water partition coefficient (Wildman–Crippen LogP) is 4.65. The summed E-state index contributed by atoms with van der Waals surface area (Å²) in [6.45, 7) is 0.497. The lowest BCUT2D eigenvalue weighted by Gasteiger charge is -2.18. The van der Waals surface area contributed by atoms with Crippen LogP contribution in [0, 0.1) is 10.1 Å². The van der Waals surface area contributed by atoms with Crippen molar-refractivity contribution in [3.63, 3.8) is 0 Å². The van der Waals surface area contributed by atoms with Crippen LogP contribution in [0.25, 0.3) is 16.9 Å². The van der Waals surface area contributed by atoms with Crippen LogP contribution in [0.1, 0.15) is 15.9 Å². The molecule has 2 heterocycles. The smallest absolute Gasteiger partial charge is 0.271 e. The quantitative estimate of drug-likeness (QED) is 0.362. The number of hydrogen-bond acceptors (Lipinski definition) is 4. The Bertz CT molecular complexity index is 1300. The third-order valence-electron chi connectivity index (χ3n) is 5.47. The number of benzene rings is 3. The summed E-state index contributed by atoms with van der Waals surface area (Å²) < 4.78 is 1.80. The number of nitrogens with zero attached hydrogens (tertiary/aromatic N) is 4. The average molecular weight is 410 g/mol. The maximum atomic E-state index is 13.3. The standard InChI is InChI=1S/C24H18N4O3/c29-24(26-14-12-18-9-10-21(28(30)31)16-23(18)26)19-7-4-8-20(15-19)27-22(11-13-25-27)17-5-2-1-3-6-17/h1-11,13,15-16H,12,14H2. The highest BCUT2D eigenvalue weighted by Crippen LogP contribution is 2.33. The Labute approximate surface area is 178 Å². The van der Waals surface area contributed by atoms with Gasteiger partial charge in [-0.2, -0.15) is 5.10 Å². The number of aromatic nitrogens is 2. The number of amides is 1. The Morgan fingerprint density at radius 3 is 2.61 bits per heavy atom. The number of non-ortho nitro benzene ring substituents is 1. The molecule has 1 aliphatic heterocycles. The van der Waals surface area contributed by atoms with Crippen molar-refractivity contribution in [2.45, 2.75) is 6.42 Å². The van der Waals surface area contributed by atoms with Gasteiger partial charge >= 0.3 is 0 Å². The summed E-state index contributed by atoms with van der Waals surface area (Å²) in [6.07, 6.45) is 2.41. The van der Waals surface area contributed by atoms with Gasteiger partial charge in [-0.05, 0) is 36.2 Å². The molecule has 4 aromatic rings. The van der Waals surface area contributed by atoms with Crippen LogP contribution in [0.2, 0.25) is 0 Å². The summed E-state index contributed by atoms with van der Waals surface area (Å²) in [4.78, 5) is 25.6. The molecule has 1 aliphatic rings. The first-order chi connectivity index (χ1) is 15.1. The Balaban J connectivity index is 1.50. The summed E-state index contributed by atoms with van der Waals surface area (Å²) >= 11 is 0. The van der Waals surface area contributed by atoms with Gasteiger partial charge in [-0.15, -0.1) is 0 Å². The van der Waals surface area contributed by atoms with E-state index >= 15 is 0 Å². The van der Waals surface area contributed by atoms with Crippen LogP contribution < -0.4 is 4.90 Å². The maximum absolute atomic E-state index is 13.3. The number of fused-ring (bicyclic) bond motifs is 1. The van der Waals surface area contributed by atoms with E-state index in [4.69, 9.17) is 0 Å². The monoisotopic (exact) mass is 410 g/mol. The molecule has 152 valence electrons. The fourth-order valence-corrected chi connectivity index (χ4v) is 3.96. The molecule has 0 bridgehead atoms. The molecule has 5 rings (SSSR count). The highest BCUT2D eigenvalue weighted by atomic mass is 16.6. The molecule has 0 aliphatic carbocycles. The summed E-state index contributed by atoms with van der Waals surface area (Å²) in [5.74, 6) is -0.186. The molecule has 0 saturated carbocycles. The van der Waals surface area contributed by atoms with E-state index in [0.717, 1.165) is 22.5 Å². The Morgan fingerprint density at radius 1 is 0.968 bits per heavy atom. The molecule has 1 aromatic heterocycles. The van der Waals surface area contributed by atoms with Gasteiger partial charge < -0.3 is 4.90 Å². The van der Waals surface area contributed by atoms with Gasteiger partial charge in [-0.25, -0.2) is 4.68 Å². The molecule has 7 nitrogen and oxygen atoms in total. The number of hydrogen-bond donors (Lipinski definition) is 0. The van der Waals surface area contributed by atoms with E-state index in [1.165, 1.54) is 12.1 Å². The van der Waals surface area contributed by atoms with Gasteiger partial charge in [0.05, 0.1) is 28.2 Å². The topological polar surface area (TPSA) is 81.3 Å². The fraction of sp³-hybridized carbons (Fsp3) is 0.0833. The van der Waals surface area contributed by atoms with Gasteiger partial charge in [0.25, 0.3) is 11.6 Å². The second-order valence-electron chi connectivity index (χ2n) is 7.32. The number of nitro benzene ring substituents is 1. The fourth-order valence-electron chi connectivity index (χ4n) is 3.96. The van der Waals surface area contributed by atoms with Crippen molar-refractivity contribution in [2.24, 2.45) is 0 Å². The van der Waals surface area contributed by atoms with Gasteiger partial charge in [0.2, 0.25) is 0 Å². The number of anilines is 1. The molecule has 0 fully saturated rings. The van der Waals surface area contributed by atoms with Gasteiger partial charge in [0.15, 0.2) is 0 Å². The van der Waals surface area contributed by atoms with Gasteiger partial charge in [-0.3, -0.25) is 14.9 Å². The lowest BCUT2D eigenvalue weighted by molar-refractivity contribution is -0.384. The molecule has 3 aromatic carbocycles. The zero-order chi connectivity index (χ0) is 21.4. The molecule has 0 N–H and O–H groups in total. The summed E-state index contributed by atoms with van der Waals surface area (Å²) in [7, 11) is 0. The molecule has 7 heteroatoms. The van der Waals surface area contributed by atoms with E-state index in [-0.39, 0.29) is 11.6 Å². The SMILES string of the molecule is O=C(c1cccc(-n2nccc2-c2ccccc2)c1)N1CCc2ccc([N+](=O)[O-])cc21. The first kappa shape index (κ1) is 18.7. The first-order valence-corrected chi connectivity index (χ1v) is 9.91. The van der Waals surface area contributed by atoms with E-state index in [9.17, 15) is 14.9 Å². The predicted molar refractivity (Wildman–Crippen MR) is 117 cm³/mol. The van der Waals surface area contributed by atoms with Gasteiger partial charge in [-0.1, -0.05) is 42.5 Å². The van der Waals surface area contributed by atoms with Gasteiger partial charge in [0.1, 0.15) is 0 Å². The second-order valence-corrected chi connectivity index (χ2v) is 7.32. The zero-order valence-corrected chi connectivity index (χ0v) is 16.5. The highest BCUT2D eigenvalue weighted by Gasteiger charge is 2.27. The summed E-state index contributed by atoms with van der Waals surface area (Å²) in [5, 5.41) is 15.6. The Kier molecular flexibility index (Phi) is 4.55. The van der Waals surface area contributed by atoms with Gasteiger partial charge in [0, 0.05) is 29.8 Å². The van der Waals surface area contributed by atoms with E-state index in [2.05, 4.69) is 5.10 Å². The molecule has 0 atom stereocenters. The molecular weight excluding hydrogens is 392 g/mol. The highest BCUT2D eigenvalue weighted by molar-refractivity contribution is 6.07. The van der Waals surface area contributed by atoms with Crippen molar-refractivity contribution in [3.05, 3.63) is 106 Å². The van der Waals surface area contributed by atoms with Crippen LogP contribution in [0.15, 0.2) is 85.1 Å². The molecular formula is C24H18N4O3. The maximum Gasteiger partial charge on any atom is 0.271 e. The number of rotatable bonds is 4. The second kappa shape index (κ2) is 7.53. The van der Waals surface area contributed by atoms with Crippen LogP contribution in [0.5, 0.6) is 0 Å². The largest absolute Gasteiger partial charge is 0.307 e. The minimum absolute atomic E-state index is 0.0174. The van der Waals surface area contributed by atoms with Crippen LogP contribution in [-0.4, -0.2) is 27.2 Å². The lowest BCUT2D eigenvalue weighted by atomic mass is 10.1. The number of carbonyl (C=O) groups is 1. The van der Waals surface area contributed by atoms with Crippen molar-refractivity contribution in [2.75, 3.05) is 11.4 Å². The first-order valence-electron chi connectivity index (χ1n) is 9.91. The number of nitro groups is 1. The van der Waals surface area contributed by atoms with Crippen molar-refractivity contribution in [1.29, 1.82) is 0 Å². The molecule has 31 heavy (non-hydrogen) atoms. The normalized spacial score (nSPS) is 12.6. The minimum atomic E-state index is -0.440. The lowest BCUT2D eigenvalue weighted by Crippen LogP contribution is -2.29. The molecule has 0 saturated heterocycles. The Morgan fingerprint density at radius 2 is 1.81 bits per heavy atom. The van der Waals surface area contributed by atoms with E-state index in [1.54, 1.807) is 34.0 Å². The summed E-state index contributed by atoms with van der Waals surface area (Å²) in [6, 6.07) is 23.8. The number of carbonyl (C=O) groups excluding carboxylic acids is 1. The molecule has 0 radical (unpaired) electrons. The van der Waals surface area contributed by atoms with Crippen molar-refractivity contribution in [3.8, 4) is 16.9 Å². The summed E-state index contributed by atoms with van der Waals surface area (Å²) in [5.41, 5.74) is 4.75. The molecule has 0 unspecified atom stereocenters. The van der Waals surface area contributed by atoms with E-state index in [0.29, 0.717) is 24.2 Å². The van der Waals surface area contributed by atoms with Crippen LogP contribution in [0.3, 0.4) is 0 Å². The van der Waals surface area contributed by atoms with E-state index < -0.39 is 4.92 Å². The van der Waals surface area contributed by atoms with Crippen molar-refractivity contribution < 1.29 is 9.72 Å². The minimum Gasteiger partial charge on any atom is -0.307 e. The zero-order valence-electron chi connectivity index (χ0n) is 16.5. The third-order valence-corrected chi connectivity index (χ3v) is 5.47. The van der Waals surface area contributed by atoms with E-state index in [1.807, 2.05) is 48.5 Å². The molecule has 0 spiro atoms. The van der Waals surface area contributed by atoms with Crippen molar-refractivity contribution >= 4 is 17.3 Å². The third kappa shape index (κ3) is 3.36. The van der Waals surface area contributed by atoms with Crippen molar-refractivity contribution in [1.82, 2.24) is 9.78 Å². The van der Waals surface area contributed by atoms with Crippen LogP contribution in [0.4, 0.5) is 11.4 Å². The average Bonchev–Trinajstić information content (AvgIpc) is 3.46. The van der Waals surface area contributed by atoms with Crippen LogP contribution >= 0.6 is 0 Å². The molecule has 1 amide bonds. The van der Waals surface area contributed by atoms with Crippen LogP contribution in [-0.2, 0) is 6.42 Å².